The molecule has 0 bridgehead atoms. The number of hydrogen-bond donors (Lipinski definition) is 3. The third-order valence-corrected chi connectivity index (χ3v) is 2.72. The molecular weight excluding hydrogens is 264 g/mol. The van der Waals surface area contributed by atoms with E-state index in [1.165, 1.54) is 6.07 Å². The summed E-state index contributed by atoms with van der Waals surface area (Å²) in [6.07, 6.45) is 0.817. The van der Waals surface area contributed by atoms with Gasteiger partial charge in [-0.3, -0.25) is 14.6 Å². The number of H-pyrrole nitrogens is 2. The van der Waals surface area contributed by atoms with Crippen molar-refractivity contribution in [3.05, 3.63) is 26.9 Å². The minimum atomic E-state index is -0.327. The lowest BCUT2D eigenvalue weighted by Gasteiger charge is -2.07. The predicted molar refractivity (Wildman–Crippen MR) is 76.7 cm³/mol. The third-order valence-electron chi connectivity index (χ3n) is 2.52. The summed E-state index contributed by atoms with van der Waals surface area (Å²) in [6, 6.07) is 1.31. The van der Waals surface area contributed by atoms with Gasteiger partial charge in [-0.15, -0.1) is 0 Å². The van der Waals surface area contributed by atoms with E-state index in [1.54, 1.807) is 0 Å². The highest BCUT2D eigenvalue weighted by Crippen LogP contribution is 2.00. The molecule has 0 atom stereocenters. The van der Waals surface area contributed by atoms with E-state index < -0.39 is 0 Å². The number of aromatic amines is 2. The highest BCUT2D eigenvalue weighted by molar-refractivity contribution is 7.71. The fourth-order valence-corrected chi connectivity index (χ4v) is 1.81. The van der Waals surface area contributed by atoms with Crippen molar-refractivity contribution in [2.24, 2.45) is 11.0 Å². The minimum absolute atomic E-state index is 0.0339. The van der Waals surface area contributed by atoms with E-state index in [9.17, 15) is 9.59 Å². The summed E-state index contributed by atoms with van der Waals surface area (Å²) >= 11 is 4.83. The molecule has 19 heavy (non-hydrogen) atoms. The summed E-state index contributed by atoms with van der Waals surface area (Å²) in [6.45, 7) is 6.02. The molecule has 1 aromatic heterocycles. The molecule has 104 valence electrons. The van der Waals surface area contributed by atoms with Crippen molar-refractivity contribution in [3.8, 4) is 0 Å². The van der Waals surface area contributed by atoms with Crippen molar-refractivity contribution in [2.75, 3.05) is 0 Å². The number of carbonyl (C=O) groups excluding carboxylic acids is 1. The van der Waals surface area contributed by atoms with Crippen LogP contribution >= 0.6 is 12.2 Å². The molecule has 0 saturated heterocycles. The Balaban J connectivity index is 2.70. The Kier molecular flexibility index (Phi) is 5.62. The molecule has 0 aliphatic heterocycles. The first kappa shape index (κ1) is 15.3. The number of nitrogens with zero attached hydrogens (tertiary/aromatic N) is 1. The fraction of sp³-hybridized carbons (Fsp3) is 0.500. The lowest BCUT2D eigenvalue weighted by molar-refractivity contribution is -0.120. The lowest BCUT2D eigenvalue weighted by atomic mass is 10.1. The van der Waals surface area contributed by atoms with Gasteiger partial charge in [0.25, 0.3) is 5.56 Å². The summed E-state index contributed by atoms with van der Waals surface area (Å²) in [4.78, 5) is 28.0. The SMILES string of the molecule is CC/C(=N/NC(=O)Cc1cc(=O)[nH]c(=S)[nH]1)C(C)C. The van der Waals surface area contributed by atoms with Crippen LogP contribution in [-0.4, -0.2) is 21.6 Å². The van der Waals surface area contributed by atoms with Crippen molar-refractivity contribution < 1.29 is 4.79 Å². The monoisotopic (exact) mass is 282 g/mol. The van der Waals surface area contributed by atoms with Crippen LogP contribution < -0.4 is 11.0 Å². The van der Waals surface area contributed by atoms with Gasteiger partial charge in [-0.05, 0) is 24.6 Å². The average Bonchev–Trinajstić information content (AvgIpc) is 2.27. The van der Waals surface area contributed by atoms with E-state index in [-0.39, 0.29) is 28.6 Å². The van der Waals surface area contributed by atoms with Gasteiger partial charge in [-0.2, -0.15) is 5.10 Å². The summed E-state index contributed by atoms with van der Waals surface area (Å²) in [7, 11) is 0. The maximum absolute atomic E-state index is 11.7. The maximum atomic E-state index is 11.7. The normalized spacial score (nSPS) is 11.7. The molecule has 0 fully saturated rings. The van der Waals surface area contributed by atoms with Gasteiger partial charge in [0.15, 0.2) is 4.77 Å². The van der Waals surface area contributed by atoms with Crippen LogP contribution in [0.25, 0.3) is 0 Å². The fourth-order valence-electron chi connectivity index (χ4n) is 1.58. The van der Waals surface area contributed by atoms with E-state index in [2.05, 4.69) is 20.5 Å². The molecule has 0 aliphatic rings. The minimum Gasteiger partial charge on any atom is -0.335 e. The van der Waals surface area contributed by atoms with Gasteiger partial charge < -0.3 is 4.98 Å². The molecule has 0 aliphatic carbocycles. The van der Waals surface area contributed by atoms with Gasteiger partial charge in [0.2, 0.25) is 5.91 Å². The highest BCUT2D eigenvalue weighted by atomic mass is 32.1. The largest absolute Gasteiger partial charge is 0.335 e. The van der Waals surface area contributed by atoms with Crippen LogP contribution in [0.2, 0.25) is 0 Å². The molecule has 6 nitrogen and oxygen atoms in total. The standard InChI is InChI=1S/C12H18N4O2S/c1-4-9(7(2)3)15-16-11(18)6-8-5-10(17)14-12(19)13-8/h5,7H,4,6H2,1-3H3,(H,16,18)(H2,13,14,17,19)/b15-9-. The van der Waals surface area contributed by atoms with Crippen molar-refractivity contribution in [1.82, 2.24) is 15.4 Å². The Morgan fingerprint density at radius 2 is 2.16 bits per heavy atom. The topological polar surface area (TPSA) is 90.1 Å². The number of carbonyl (C=O) groups is 1. The Bertz CT molecular complexity index is 558. The number of hydrazone groups is 1. The van der Waals surface area contributed by atoms with Crippen molar-refractivity contribution in [1.29, 1.82) is 0 Å². The first-order chi connectivity index (χ1) is 8.92. The quantitative estimate of drug-likeness (QED) is 0.434. The van der Waals surface area contributed by atoms with E-state index >= 15 is 0 Å². The van der Waals surface area contributed by atoms with Gasteiger partial charge in [0.05, 0.1) is 6.42 Å². The second kappa shape index (κ2) is 6.98. The number of rotatable bonds is 5. The predicted octanol–water partition coefficient (Wildman–Crippen LogP) is 1.51. The second-order valence-electron chi connectivity index (χ2n) is 4.44. The van der Waals surface area contributed by atoms with Crippen molar-refractivity contribution in [3.63, 3.8) is 0 Å². The van der Waals surface area contributed by atoms with Crippen LogP contribution in [0.4, 0.5) is 0 Å². The summed E-state index contributed by atoms with van der Waals surface area (Å²) in [5, 5.41) is 4.07. The first-order valence-corrected chi connectivity index (χ1v) is 6.51. The summed E-state index contributed by atoms with van der Waals surface area (Å²) in [5.74, 6) is -0.00136. The zero-order chi connectivity index (χ0) is 14.4. The molecule has 0 aromatic carbocycles. The van der Waals surface area contributed by atoms with Gasteiger partial charge >= 0.3 is 0 Å². The van der Waals surface area contributed by atoms with E-state index in [0.29, 0.717) is 5.69 Å². The molecule has 3 N–H and O–H groups in total. The molecule has 1 rings (SSSR count). The zero-order valence-corrected chi connectivity index (χ0v) is 12.1. The van der Waals surface area contributed by atoms with E-state index in [0.717, 1.165) is 12.1 Å². The Labute approximate surface area is 116 Å². The number of nitrogens with one attached hydrogen (secondary N) is 3. The molecule has 0 unspecified atom stereocenters. The molecule has 0 radical (unpaired) electrons. The smallest absolute Gasteiger partial charge is 0.251 e. The van der Waals surface area contributed by atoms with Crippen LogP contribution in [0.5, 0.6) is 0 Å². The van der Waals surface area contributed by atoms with Crippen LogP contribution in [-0.2, 0) is 11.2 Å². The maximum Gasteiger partial charge on any atom is 0.251 e. The van der Waals surface area contributed by atoms with Crippen molar-refractivity contribution >= 4 is 23.8 Å². The molecule has 7 heteroatoms. The Morgan fingerprint density at radius 3 is 2.68 bits per heavy atom. The molecular formula is C12H18N4O2S. The molecule has 1 amide bonds. The molecule has 1 heterocycles. The zero-order valence-electron chi connectivity index (χ0n) is 11.2. The number of hydrogen-bond acceptors (Lipinski definition) is 4. The van der Waals surface area contributed by atoms with Crippen LogP contribution in [0, 0.1) is 10.7 Å². The van der Waals surface area contributed by atoms with E-state index in [1.807, 2.05) is 20.8 Å². The molecule has 1 aromatic rings. The molecule has 0 saturated carbocycles. The Hall–Kier alpha value is -1.76. The second-order valence-corrected chi connectivity index (χ2v) is 4.84. The van der Waals surface area contributed by atoms with Gasteiger partial charge in [0.1, 0.15) is 0 Å². The Morgan fingerprint density at radius 1 is 1.47 bits per heavy atom. The average molecular weight is 282 g/mol. The first-order valence-electron chi connectivity index (χ1n) is 6.10. The third kappa shape index (κ3) is 5.17. The van der Waals surface area contributed by atoms with E-state index in [4.69, 9.17) is 12.2 Å². The van der Waals surface area contributed by atoms with Crippen LogP contribution in [0.1, 0.15) is 32.9 Å². The van der Waals surface area contributed by atoms with Crippen LogP contribution in [0.15, 0.2) is 16.0 Å². The number of aromatic nitrogens is 2. The summed E-state index contributed by atoms with van der Waals surface area (Å²) < 4.78 is 0.204. The number of amides is 1. The van der Waals surface area contributed by atoms with Crippen molar-refractivity contribution in [2.45, 2.75) is 33.6 Å². The van der Waals surface area contributed by atoms with Gasteiger partial charge in [0, 0.05) is 17.5 Å². The highest BCUT2D eigenvalue weighted by Gasteiger charge is 2.06. The summed E-state index contributed by atoms with van der Waals surface area (Å²) in [5.41, 5.74) is 3.54. The van der Waals surface area contributed by atoms with Crippen LogP contribution in [0.3, 0.4) is 0 Å². The lowest BCUT2D eigenvalue weighted by Crippen LogP contribution is -2.24. The molecule has 0 spiro atoms. The van der Waals surface area contributed by atoms with Gasteiger partial charge in [-0.25, -0.2) is 5.43 Å². The van der Waals surface area contributed by atoms with Gasteiger partial charge in [-0.1, -0.05) is 20.8 Å².